The van der Waals surface area contributed by atoms with Crippen LogP contribution >= 0.6 is 11.3 Å². The van der Waals surface area contributed by atoms with Gasteiger partial charge < -0.3 is 15.2 Å². The molecule has 2 heterocycles. The van der Waals surface area contributed by atoms with E-state index in [4.69, 9.17) is 15.2 Å². The zero-order chi connectivity index (χ0) is 13.2. The van der Waals surface area contributed by atoms with Gasteiger partial charge >= 0.3 is 0 Å². The molecule has 0 fully saturated rings. The quantitative estimate of drug-likeness (QED) is 0.940. The third-order valence-corrected chi connectivity index (χ3v) is 5.63. The molecule has 1 aliphatic heterocycles. The molecule has 1 aromatic heterocycles. The lowest BCUT2D eigenvalue weighted by Crippen LogP contribution is -2.18. The van der Waals surface area contributed by atoms with Crippen LogP contribution in [0.15, 0.2) is 39.9 Å². The van der Waals surface area contributed by atoms with Gasteiger partial charge in [0, 0.05) is 11.8 Å². The van der Waals surface area contributed by atoms with Gasteiger partial charge in [0.25, 0.3) is 0 Å². The van der Waals surface area contributed by atoms with E-state index >= 15 is 0 Å². The van der Waals surface area contributed by atoms with Gasteiger partial charge in [0.15, 0.2) is 11.5 Å². The molecule has 100 valence electrons. The number of thiophene rings is 1. The minimum absolute atomic E-state index is 0.245. The number of hydrogen-bond donors (Lipinski definition) is 1. The smallest absolute Gasteiger partial charge is 0.231 e. The molecule has 2 unspecified atom stereocenters. The summed E-state index contributed by atoms with van der Waals surface area (Å²) in [5, 5.41) is 1.92. The van der Waals surface area contributed by atoms with Crippen LogP contribution in [-0.2, 0) is 10.8 Å². The van der Waals surface area contributed by atoms with Gasteiger partial charge in [-0.15, -0.1) is 11.3 Å². The van der Waals surface area contributed by atoms with Crippen molar-refractivity contribution in [3.05, 3.63) is 41.3 Å². The minimum atomic E-state index is -1.06. The van der Waals surface area contributed by atoms with Crippen LogP contribution in [0.25, 0.3) is 0 Å². The summed E-state index contributed by atoms with van der Waals surface area (Å²) in [6.45, 7) is 0.245. The minimum Gasteiger partial charge on any atom is -0.454 e. The molecule has 4 nitrogen and oxygen atoms in total. The Hall–Kier alpha value is -1.37. The summed E-state index contributed by atoms with van der Waals surface area (Å²) in [6, 6.07) is 9.07. The summed E-state index contributed by atoms with van der Waals surface area (Å²) in [6.07, 6.45) is 0. The second-order valence-corrected chi connectivity index (χ2v) is 6.83. The summed E-state index contributed by atoms with van der Waals surface area (Å²) in [7, 11) is -1.06. The molecule has 0 saturated carbocycles. The van der Waals surface area contributed by atoms with Crippen LogP contribution < -0.4 is 15.2 Å². The lowest BCUT2D eigenvalue weighted by molar-refractivity contribution is 0.174. The van der Waals surface area contributed by atoms with Crippen LogP contribution in [0.2, 0.25) is 0 Å². The van der Waals surface area contributed by atoms with Gasteiger partial charge in [-0.2, -0.15) is 0 Å². The standard InChI is InChI=1S/C13H13NO3S2/c14-10(7-19(15)13-2-1-5-18-13)9-3-4-11-12(6-9)17-8-16-11/h1-6,10H,7-8,14H2. The number of benzene rings is 1. The van der Waals surface area contributed by atoms with Crippen LogP contribution in [0.3, 0.4) is 0 Å². The van der Waals surface area contributed by atoms with E-state index in [9.17, 15) is 4.21 Å². The van der Waals surface area contributed by atoms with Crippen molar-refractivity contribution in [2.45, 2.75) is 10.3 Å². The van der Waals surface area contributed by atoms with Crippen LogP contribution in [0, 0.1) is 0 Å². The molecule has 6 heteroatoms. The predicted molar refractivity (Wildman–Crippen MR) is 75.1 cm³/mol. The monoisotopic (exact) mass is 295 g/mol. The molecule has 2 aromatic rings. The molecule has 0 radical (unpaired) electrons. The normalized spacial score (nSPS) is 16.3. The van der Waals surface area contributed by atoms with Gasteiger partial charge in [-0.3, -0.25) is 4.21 Å². The molecular weight excluding hydrogens is 282 g/mol. The van der Waals surface area contributed by atoms with Gasteiger partial charge in [0.05, 0.1) is 15.0 Å². The molecule has 0 aliphatic carbocycles. The maximum Gasteiger partial charge on any atom is 0.231 e. The number of hydrogen-bond acceptors (Lipinski definition) is 5. The van der Waals surface area contributed by atoms with Crippen LogP contribution in [0.1, 0.15) is 11.6 Å². The zero-order valence-electron chi connectivity index (χ0n) is 10.1. The molecule has 1 aliphatic rings. The van der Waals surface area contributed by atoms with Crippen molar-refractivity contribution < 1.29 is 13.7 Å². The molecule has 0 spiro atoms. The third-order valence-electron chi connectivity index (χ3n) is 2.88. The SMILES string of the molecule is NC(CS(=O)c1cccs1)c1ccc2c(c1)OCO2. The van der Waals surface area contributed by atoms with E-state index in [1.54, 1.807) is 0 Å². The maximum absolute atomic E-state index is 12.1. The van der Waals surface area contributed by atoms with Gasteiger partial charge in [-0.05, 0) is 29.1 Å². The van der Waals surface area contributed by atoms with Gasteiger partial charge in [0.2, 0.25) is 6.79 Å². The number of nitrogens with two attached hydrogens (primary N) is 1. The molecule has 1 aromatic carbocycles. The summed E-state index contributed by atoms with van der Waals surface area (Å²) in [5.41, 5.74) is 7.02. The Morgan fingerprint density at radius 1 is 1.32 bits per heavy atom. The van der Waals surface area contributed by atoms with Crippen LogP contribution in [-0.4, -0.2) is 16.8 Å². The van der Waals surface area contributed by atoms with Crippen molar-refractivity contribution in [3.63, 3.8) is 0 Å². The lowest BCUT2D eigenvalue weighted by atomic mass is 10.1. The Morgan fingerprint density at radius 2 is 2.16 bits per heavy atom. The molecule has 19 heavy (non-hydrogen) atoms. The molecule has 2 atom stereocenters. The molecule has 2 N–H and O–H groups in total. The third kappa shape index (κ3) is 2.65. The number of rotatable bonds is 4. The van der Waals surface area contributed by atoms with Crippen molar-refractivity contribution in [1.82, 2.24) is 0 Å². The van der Waals surface area contributed by atoms with Gasteiger partial charge in [0.1, 0.15) is 0 Å². The Kier molecular flexibility index (Phi) is 3.54. The van der Waals surface area contributed by atoms with E-state index in [0.29, 0.717) is 11.5 Å². The largest absolute Gasteiger partial charge is 0.454 e. The van der Waals surface area contributed by atoms with E-state index in [0.717, 1.165) is 15.5 Å². The molecule has 0 amide bonds. The maximum atomic E-state index is 12.1. The fourth-order valence-electron chi connectivity index (χ4n) is 1.88. The van der Waals surface area contributed by atoms with Crippen molar-refractivity contribution >= 4 is 22.1 Å². The Morgan fingerprint density at radius 3 is 2.95 bits per heavy atom. The van der Waals surface area contributed by atoms with Gasteiger partial charge in [-0.25, -0.2) is 0 Å². The van der Waals surface area contributed by atoms with Crippen molar-refractivity contribution in [2.24, 2.45) is 5.73 Å². The topological polar surface area (TPSA) is 61.6 Å². The molecular formula is C13H13NO3S2. The average molecular weight is 295 g/mol. The summed E-state index contributed by atoms with van der Waals surface area (Å²) in [5.74, 6) is 1.84. The Labute approximate surface area is 117 Å². The number of fused-ring (bicyclic) bond motifs is 1. The highest BCUT2D eigenvalue weighted by molar-refractivity contribution is 7.87. The van der Waals surface area contributed by atoms with Crippen molar-refractivity contribution in [2.75, 3.05) is 12.5 Å². The lowest BCUT2D eigenvalue weighted by Gasteiger charge is -2.11. The zero-order valence-corrected chi connectivity index (χ0v) is 11.7. The Balaban J connectivity index is 1.73. The Bertz CT molecular complexity index is 598. The van der Waals surface area contributed by atoms with E-state index in [1.807, 2.05) is 35.7 Å². The first kappa shape index (κ1) is 12.7. The number of ether oxygens (including phenoxy) is 2. The fraction of sp³-hybridized carbons (Fsp3) is 0.231. The molecule has 3 rings (SSSR count). The van der Waals surface area contributed by atoms with Crippen LogP contribution in [0.5, 0.6) is 11.5 Å². The fourth-order valence-corrected chi connectivity index (χ4v) is 4.04. The van der Waals surface area contributed by atoms with Gasteiger partial charge in [-0.1, -0.05) is 12.1 Å². The van der Waals surface area contributed by atoms with Crippen molar-refractivity contribution in [1.29, 1.82) is 0 Å². The van der Waals surface area contributed by atoms with E-state index in [2.05, 4.69) is 0 Å². The van der Waals surface area contributed by atoms with E-state index in [1.165, 1.54) is 11.3 Å². The summed E-state index contributed by atoms with van der Waals surface area (Å²) >= 11 is 1.49. The molecule has 0 saturated heterocycles. The highest BCUT2D eigenvalue weighted by atomic mass is 32.2. The first-order valence-electron chi connectivity index (χ1n) is 5.81. The summed E-state index contributed by atoms with van der Waals surface area (Å²) < 4.78 is 23.5. The van der Waals surface area contributed by atoms with Crippen molar-refractivity contribution in [3.8, 4) is 11.5 Å². The second kappa shape index (κ2) is 5.32. The highest BCUT2D eigenvalue weighted by Crippen LogP contribution is 2.34. The summed E-state index contributed by atoms with van der Waals surface area (Å²) in [4.78, 5) is 0. The first-order chi connectivity index (χ1) is 9.24. The van der Waals surface area contributed by atoms with E-state index in [-0.39, 0.29) is 12.8 Å². The first-order valence-corrected chi connectivity index (χ1v) is 8.01. The molecule has 0 bridgehead atoms. The van der Waals surface area contributed by atoms with Crippen LogP contribution in [0.4, 0.5) is 0 Å². The average Bonchev–Trinajstić information content (AvgIpc) is 3.09. The predicted octanol–water partition coefficient (Wildman–Crippen LogP) is 2.28. The second-order valence-electron chi connectivity index (χ2n) is 4.16. The highest BCUT2D eigenvalue weighted by Gasteiger charge is 2.18. The van der Waals surface area contributed by atoms with E-state index < -0.39 is 10.8 Å².